The lowest BCUT2D eigenvalue weighted by Crippen LogP contribution is -2.13. The first kappa shape index (κ1) is 15.4. The van der Waals surface area contributed by atoms with E-state index in [4.69, 9.17) is 4.42 Å². The van der Waals surface area contributed by atoms with Gasteiger partial charge in [0.25, 0.3) is 10.0 Å². The molecule has 0 saturated carbocycles. The molecule has 4 nitrogen and oxygen atoms in total. The third-order valence-corrected chi connectivity index (χ3v) is 5.05. The number of benzene rings is 2. The Balaban J connectivity index is 1.96. The van der Waals surface area contributed by atoms with Crippen molar-refractivity contribution in [2.75, 3.05) is 4.72 Å². The molecule has 0 bridgehead atoms. The van der Waals surface area contributed by atoms with Crippen LogP contribution >= 0.6 is 0 Å². The van der Waals surface area contributed by atoms with Gasteiger partial charge in [-0.2, -0.15) is 0 Å². The first-order chi connectivity index (χ1) is 11.0. The number of anilines is 1. The van der Waals surface area contributed by atoms with Crippen molar-refractivity contribution < 1.29 is 12.8 Å². The molecule has 0 saturated heterocycles. The van der Waals surface area contributed by atoms with Gasteiger partial charge in [-0.25, -0.2) is 8.42 Å². The van der Waals surface area contributed by atoms with Crippen molar-refractivity contribution in [3.05, 3.63) is 72.2 Å². The fourth-order valence-corrected chi connectivity index (χ4v) is 3.38. The van der Waals surface area contributed by atoms with Crippen LogP contribution in [0.3, 0.4) is 0 Å². The lowest BCUT2D eigenvalue weighted by molar-refractivity contribution is 0.568. The molecule has 0 aliphatic rings. The summed E-state index contributed by atoms with van der Waals surface area (Å²) < 4.78 is 32.8. The minimum absolute atomic E-state index is 0.246. The first-order valence-electron chi connectivity index (χ1n) is 7.18. The third kappa shape index (κ3) is 3.29. The molecule has 23 heavy (non-hydrogen) atoms. The summed E-state index contributed by atoms with van der Waals surface area (Å²) >= 11 is 0. The second-order valence-corrected chi connectivity index (χ2v) is 7.14. The Bertz CT molecular complexity index is 911. The number of hydrogen-bond acceptors (Lipinski definition) is 3. The lowest BCUT2D eigenvalue weighted by Gasteiger charge is -2.12. The standard InChI is InChI=1S/C18H17NO3S/c1-13-3-7-17(8-4-13)23(20,21)19-18-11-15(6-5-14(18)2)16-9-10-22-12-16/h3-12,19H,1-2H3. The number of hydrogen-bond donors (Lipinski definition) is 1. The maximum absolute atomic E-state index is 12.5. The summed E-state index contributed by atoms with van der Waals surface area (Å²) in [4.78, 5) is 0.246. The van der Waals surface area contributed by atoms with E-state index in [1.54, 1.807) is 36.8 Å². The van der Waals surface area contributed by atoms with Gasteiger partial charge in [0.1, 0.15) is 0 Å². The predicted octanol–water partition coefficient (Wildman–Crippen LogP) is 4.36. The maximum Gasteiger partial charge on any atom is 0.261 e. The van der Waals surface area contributed by atoms with Crippen LogP contribution < -0.4 is 4.72 Å². The van der Waals surface area contributed by atoms with Gasteiger partial charge >= 0.3 is 0 Å². The quantitative estimate of drug-likeness (QED) is 0.774. The van der Waals surface area contributed by atoms with Crippen molar-refractivity contribution in [3.63, 3.8) is 0 Å². The van der Waals surface area contributed by atoms with Crippen molar-refractivity contribution >= 4 is 15.7 Å². The number of nitrogens with one attached hydrogen (secondary N) is 1. The van der Waals surface area contributed by atoms with Gasteiger partial charge in [-0.15, -0.1) is 0 Å². The van der Waals surface area contributed by atoms with Gasteiger partial charge < -0.3 is 4.42 Å². The predicted molar refractivity (Wildman–Crippen MR) is 90.9 cm³/mol. The summed E-state index contributed by atoms with van der Waals surface area (Å²) in [7, 11) is -3.61. The molecule has 0 atom stereocenters. The highest BCUT2D eigenvalue weighted by Gasteiger charge is 2.15. The van der Waals surface area contributed by atoms with E-state index in [0.29, 0.717) is 5.69 Å². The molecule has 0 amide bonds. The molecule has 1 N–H and O–H groups in total. The van der Waals surface area contributed by atoms with Crippen molar-refractivity contribution in [1.82, 2.24) is 0 Å². The Hall–Kier alpha value is -2.53. The Morgan fingerprint density at radius 1 is 0.913 bits per heavy atom. The summed E-state index contributed by atoms with van der Waals surface area (Å²) in [5.74, 6) is 0. The molecular formula is C18H17NO3S. The molecule has 0 fully saturated rings. The Morgan fingerprint density at radius 3 is 2.30 bits per heavy atom. The van der Waals surface area contributed by atoms with Crippen LogP contribution in [0.4, 0.5) is 5.69 Å². The molecule has 0 radical (unpaired) electrons. The molecule has 3 aromatic rings. The summed E-state index contributed by atoms with van der Waals surface area (Å²) in [6.07, 6.45) is 3.22. The molecule has 1 aromatic heterocycles. The molecular weight excluding hydrogens is 310 g/mol. The molecule has 0 aliphatic carbocycles. The fraction of sp³-hybridized carbons (Fsp3) is 0.111. The van der Waals surface area contributed by atoms with Crippen molar-refractivity contribution in [2.24, 2.45) is 0 Å². The van der Waals surface area contributed by atoms with Gasteiger partial charge in [-0.05, 0) is 49.2 Å². The molecule has 5 heteroatoms. The van der Waals surface area contributed by atoms with Crippen LogP contribution in [0.2, 0.25) is 0 Å². The van der Waals surface area contributed by atoms with Crippen LogP contribution in [0.1, 0.15) is 11.1 Å². The molecule has 0 aliphatic heterocycles. The SMILES string of the molecule is Cc1ccc(S(=O)(=O)Nc2cc(-c3ccoc3)ccc2C)cc1. The van der Waals surface area contributed by atoms with E-state index in [9.17, 15) is 8.42 Å². The second-order valence-electron chi connectivity index (χ2n) is 5.46. The average Bonchev–Trinajstić information content (AvgIpc) is 3.04. The minimum atomic E-state index is -3.61. The van der Waals surface area contributed by atoms with Crippen LogP contribution in [-0.2, 0) is 10.0 Å². The normalized spacial score (nSPS) is 11.4. The van der Waals surface area contributed by atoms with E-state index < -0.39 is 10.0 Å². The van der Waals surface area contributed by atoms with E-state index in [2.05, 4.69) is 4.72 Å². The highest BCUT2D eigenvalue weighted by Crippen LogP contribution is 2.27. The Morgan fingerprint density at radius 2 is 1.65 bits per heavy atom. The number of sulfonamides is 1. The van der Waals surface area contributed by atoms with E-state index >= 15 is 0 Å². The number of aryl methyl sites for hydroxylation is 2. The molecule has 0 spiro atoms. The fourth-order valence-electron chi connectivity index (χ4n) is 2.26. The van der Waals surface area contributed by atoms with Gasteiger partial charge in [-0.3, -0.25) is 4.72 Å². The van der Waals surface area contributed by atoms with Crippen molar-refractivity contribution in [2.45, 2.75) is 18.7 Å². The summed E-state index contributed by atoms with van der Waals surface area (Å²) in [6, 6.07) is 14.2. The molecule has 1 heterocycles. The summed E-state index contributed by atoms with van der Waals surface area (Å²) in [6.45, 7) is 3.79. The maximum atomic E-state index is 12.5. The molecule has 2 aromatic carbocycles. The van der Waals surface area contributed by atoms with Crippen LogP contribution in [0.25, 0.3) is 11.1 Å². The van der Waals surface area contributed by atoms with Crippen LogP contribution in [0.15, 0.2) is 70.4 Å². The Kier molecular flexibility index (Phi) is 3.96. The zero-order valence-electron chi connectivity index (χ0n) is 12.9. The molecule has 3 rings (SSSR count). The molecule has 0 unspecified atom stereocenters. The first-order valence-corrected chi connectivity index (χ1v) is 8.67. The lowest BCUT2D eigenvalue weighted by atomic mass is 10.1. The second kappa shape index (κ2) is 5.93. The monoisotopic (exact) mass is 327 g/mol. The minimum Gasteiger partial charge on any atom is -0.472 e. The van der Waals surface area contributed by atoms with E-state index in [1.165, 1.54) is 0 Å². The smallest absolute Gasteiger partial charge is 0.261 e. The van der Waals surface area contributed by atoms with Gasteiger partial charge in [-0.1, -0.05) is 29.8 Å². The average molecular weight is 327 g/mol. The van der Waals surface area contributed by atoms with Crippen LogP contribution in [0, 0.1) is 13.8 Å². The summed E-state index contributed by atoms with van der Waals surface area (Å²) in [5.41, 5.74) is 4.23. The number of furan rings is 1. The third-order valence-electron chi connectivity index (χ3n) is 3.67. The largest absolute Gasteiger partial charge is 0.472 e. The van der Waals surface area contributed by atoms with E-state index in [-0.39, 0.29) is 4.90 Å². The van der Waals surface area contributed by atoms with Crippen molar-refractivity contribution in [3.8, 4) is 11.1 Å². The van der Waals surface area contributed by atoms with Crippen LogP contribution in [-0.4, -0.2) is 8.42 Å². The highest BCUT2D eigenvalue weighted by atomic mass is 32.2. The van der Waals surface area contributed by atoms with Gasteiger partial charge in [0.2, 0.25) is 0 Å². The van der Waals surface area contributed by atoms with Gasteiger partial charge in [0, 0.05) is 5.56 Å². The van der Waals surface area contributed by atoms with E-state index in [0.717, 1.165) is 22.3 Å². The molecule has 118 valence electrons. The van der Waals surface area contributed by atoms with Gasteiger partial charge in [0.05, 0.1) is 23.1 Å². The zero-order valence-corrected chi connectivity index (χ0v) is 13.7. The zero-order chi connectivity index (χ0) is 16.4. The Labute approximate surface area is 135 Å². The number of rotatable bonds is 4. The van der Waals surface area contributed by atoms with E-state index in [1.807, 2.05) is 38.1 Å². The van der Waals surface area contributed by atoms with Crippen LogP contribution in [0.5, 0.6) is 0 Å². The summed E-state index contributed by atoms with van der Waals surface area (Å²) in [5, 5.41) is 0. The van der Waals surface area contributed by atoms with Crippen molar-refractivity contribution in [1.29, 1.82) is 0 Å². The van der Waals surface area contributed by atoms with Gasteiger partial charge in [0.15, 0.2) is 0 Å². The highest BCUT2D eigenvalue weighted by molar-refractivity contribution is 7.92. The topological polar surface area (TPSA) is 59.3 Å².